The van der Waals surface area contributed by atoms with E-state index in [1.54, 1.807) is 0 Å². The van der Waals surface area contributed by atoms with Crippen molar-refractivity contribution in [2.45, 2.75) is 57.9 Å². The summed E-state index contributed by atoms with van der Waals surface area (Å²) in [4.78, 5) is 0. The van der Waals surface area contributed by atoms with Crippen LogP contribution in [0.1, 0.15) is 52.4 Å². The largest absolute Gasteiger partial charge is 0.394 e. The second kappa shape index (κ2) is 4.06. The first-order chi connectivity index (χ1) is 7.05. The van der Waals surface area contributed by atoms with E-state index in [0.29, 0.717) is 12.0 Å². The first kappa shape index (κ1) is 11.4. The zero-order chi connectivity index (χ0) is 10.9. The Bertz CT molecular complexity index is 223. The van der Waals surface area contributed by atoms with Crippen LogP contribution in [0.5, 0.6) is 0 Å². The Labute approximate surface area is 93.5 Å². The molecule has 2 N–H and O–H groups in total. The molecule has 1 unspecified atom stereocenters. The van der Waals surface area contributed by atoms with E-state index in [1.807, 2.05) is 0 Å². The fourth-order valence-electron chi connectivity index (χ4n) is 3.02. The lowest BCUT2D eigenvalue weighted by Gasteiger charge is -2.44. The van der Waals surface area contributed by atoms with Crippen LogP contribution in [0.3, 0.4) is 0 Å². The van der Waals surface area contributed by atoms with E-state index in [1.165, 1.54) is 25.7 Å². The van der Waals surface area contributed by atoms with Crippen LogP contribution in [0.25, 0.3) is 0 Å². The summed E-state index contributed by atoms with van der Waals surface area (Å²) < 4.78 is 0. The van der Waals surface area contributed by atoms with Gasteiger partial charge < -0.3 is 10.4 Å². The van der Waals surface area contributed by atoms with E-state index in [9.17, 15) is 5.11 Å². The number of aliphatic hydroxyl groups is 1. The van der Waals surface area contributed by atoms with Crippen molar-refractivity contribution < 1.29 is 5.11 Å². The molecule has 2 heteroatoms. The first-order valence-corrected chi connectivity index (χ1v) is 6.41. The van der Waals surface area contributed by atoms with Crippen molar-refractivity contribution in [3.8, 4) is 0 Å². The van der Waals surface area contributed by atoms with Crippen molar-refractivity contribution in [3.05, 3.63) is 0 Å². The Morgan fingerprint density at radius 2 is 2.00 bits per heavy atom. The Morgan fingerprint density at radius 1 is 1.27 bits per heavy atom. The van der Waals surface area contributed by atoms with Crippen molar-refractivity contribution in [1.29, 1.82) is 0 Å². The Hall–Kier alpha value is -0.0800. The van der Waals surface area contributed by atoms with Gasteiger partial charge in [-0.25, -0.2) is 0 Å². The van der Waals surface area contributed by atoms with Gasteiger partial charge in [-0.2, -0.15) is 0 Å². The molecule has 1 atom stereocenters. The van der Waals surface area contributed by atoms with E-state index in [-0.39, 0.29) is 5.54 Å². The van der Waals surface area contributed by atoms with Crippen LogP contribution in [-0.4, -0.2) is 23.8 Å². The van der Waals surface area contributed by atoms with Gasteiger partial charge in [-0.1, -0.05) is 20.3 Å². The highest BCUT2D eigenvalue weighted by atomic mass is 16.3. The van der Waals surface area contributed by atoms with E-state index >= 15 is 0 Å². The van der Waals surface area contributed by atoms with Crippen molar-refractivity contribution >= 4 is 0 Å². The third-order valence-corrected chi connectivity index (χ3v) is 4.09. The highest BCUT2D eigenvalue weighted by Crippen LogP contribution is 2.41. The van der Waals surface area contributed by atoms with Crippen molar-refractivity contribution in [2.24, 2.45) is 11.3 Å². The monoisotopic (exact) mass is 211 g/mol. The number of hydrogen-bond acceptors (Lipinski definition) is 2. The molecule has 0 aromatic heterocycles. The van der Waals surface area contributed by atoms with Gasteiger partial charge in [-0.15, -0.1) is 0 Å². The second-order valence-corrected chi connectivity index (χ2v) is 6.46. The van der Waals surface area contributed by atoms with Crippen LogP contribution in [0.4, 0.5) is 0 Å². The summed E-state index contributed by atoms with van der Waals surface area (Å²) in [5, 5.41) is 13.3. The average Bonchev–Trinajstić information content (AvgIpc) is 2.97. The Kier molecular flexibility index (Phi) is 3.09. The highest BCUT2D eigenvalue weighted by Gasteiger charge is 2.40. The van der Waals surface area contributed by atoms with Gasteiger partial charge in [0, 0.05) is 5.54 Å². The molecular formula is C13H25NO. The first-order valence-electron chi connectivity index (χ1n) is 6.41. The molecule has 0 bridgehead atoms. The van der Waals surface area contributed by atoms with Gasteiger partial charge in [-0.05, 0) is 50.0 Å². The molecule has 15 heavy (non-hydrogen) atoms. The minimum Gasteiger partial charge on any atom is -0.394 e. The second-order valence-electron chi connectivity index (χ2n) is 6.46. The van der Waals surface area contributed by atoms with E-state index < -0.39 is 0 Å². The van der Waals surface area contributed by atoms with Crippen LogP contribution < -0.4 is 5.32 Å². The Balaban J connectivity index is 1.92. The third-order valence-electron chi connectivity index (χ3n) is 4.09. The molecule has 0 heterocycles. The van der Waals surface area contributed by atoms with Crippen LogP contribution in [-0.2, 0) is 0 Å². The molecule has 0 amide bonds. The zero-order valence-electron chi connectivity index (χ0n) is 10.2. The van der Waals surface area contributed by atoms with Gasteiger partial charge in [0.15, 0.2) is 0 Å². The molecular weight excluding hydrogens is 186 g/mol. The van der Waals surface area contributed by atoms with E-state index in [4.69, 9.17) is 0 Å². The summed E-state index contributed by atoms with van der Waals surface area (Å²) in [5.41, 5.74) is 0.432. The zero-order valence-corrected chi connectivity index (χ0v) is 10.2. The highest BCUT2D eigenvalue weighted by molar-refractivity contribution is 4.97. The van der Waals surface area contributed by atoms with Gasteiger partial charge in [0.2, 0.25) is 0 Å². The maximum Gasteiger partial charge on any atom is 0.0613 e. The summed E-state index contributed by atoms with van der Waals surface area (Å²) in [6.07, 6.45) is 7.61. The topological polar surface area (TPSA) is 32.3 Å². The molecule has 0 aliphatic heterocycles. The maximum absolute atomic E-state index is 9.64. The summed E-state index contributed by atoms with van der Waals surface area (Å²) in [7, 11) is 0. The number of hydrogen-bond donors (Lipinski definition) is 2. The molecule has 2 saturated carbocycles. The average molecular weight is 211 g/mol. The molecule has 0 radical (unpaired) electrons. The van der Waals surface area contributed by atoms with E-state index in [2.05, 4.69) is 19.2 Å². The lowest BCUT2D eigenvalue weighted by Crippen LogP contribution is -2.54. The molecule has 2 aliphatic rings. The summed E-state index contributed by atoms with van der Waals surface area (Å²) in [6.45, 7) is 6.09. The molecule has 0 spiro atoms. The van der Waals surface area contributed by atoms with Crippen LogP contribution in [0, 0.1) is 11.3 Å². The lowest BCUT2D eigenvalue weighted by atomic mass is 9.68. The van der Waals surface area contributed by atoms with Gasteiger partial charge in [0.25, 0.3) is 0 Å². The van der Waals surface area contributed by atoms with Gasteiger partial charge >= 0.3 is 0 Å². The summed E-state index contributed by atoms with van der Waals surface area (Å²) >= 11 is 0. The van der Waals surface area contributed by atoms with Gasteiger partial charge in [0.05, 0.1) is 6.61 Å². The molecule has 0 saturated heterocycles. The summed E-state index contributed by atoms with van der Waals surface area (Å²) in [6, 6.07) is 0. The predicted molar refractivity (Wildman–Crippen MR) is 62.8 cm³/mol. The normalized spacial score (nSPS) is 35.4. The van der Waals surface area contributed by atoms with Crippen LogP contribution >= 0.6 is 0 Å². The quantitative estimate of drug-likeness (QED) is 0.748. The van der Waals surface area contributed by atoms with Crippen LogP contribution in [0.15, 0.2) is 0 Å². The number of rotatable bonds is 4. The fourth-order valence-corrected chi connectivity index (χ4v) is 3.02. The minimum atomic E-state index is 0.0321. The van der Waals surface area contributed by atoms with Crippen LogP contribution in [0.2, 0.25) is 0 Å². The van der Waals surface area contributed by atoms with Crippen molar-refractivity contribution in [1.82, 2.24) is 5.32 Å². The molecule has 2 aliphatic carbocycles. The predicted octanol–water partition coefficient (Wildman–Crippen LogP) is 2.32. The van der Waals surface area contributed by atoms with Gasteiger partial charge in [-0.3, -0.25) is 0 Å². The molecule has 0 aromatic rings. The van der Waals surface area contributed by atoms with Crippen molar-refractivity contribution in [3.63, 3.8) is 0 Å². The maximum atomic E-state index is 9.64. The van der Waals surface area contributed by atoms with Gasteiger partial charge in [0.1, 0.15) is 0 Å². The fraction of sp³-hybridized carbons (Fsp3) is 1.00. The molecule has 88 valence electrons. The lowest BCUT2D eigenvalue weighted by molar-refractivity contribution is 0.0619. The molecule has 2 nitrogen and oxygen atoms in total. The standard InChI is InChI=1S/C13H25NO/c1-12(2)6-3-7-13(9-12,10-15)14-8-11-4-5-11/h11,14-15H,3-10H2,1-2H3. The summed E-state index contributed by atoms with van der Waals surface area (Å²) in [5.74, 6) is 0.901. The molecule has 0 aromatic carbocycles. The number of nitrogens with one attached hydrogen (secondary N) is 1. The number of aliphatic hydroxyl groups excluding tert-OH is 1. The Morgan fingerprint density at radius 3 is 2.53 bits per heavy atom. The minimum absolute atomic E-state index is 0.0321. The SMILES string of the molecule is CC1(C)CCCC(CO)(NCC2CC2)C1. The molecule has 2 rings (SSSR count). The van der Waals surface area contributed by atoms with Crippen molar-refractivity contribution in [2.75, 3.05) is 13.2 Å². The third kappa shape index (κ3) is 2.94. The molecule has 2 fully saturated rings. The van der Waals surface area contributed by atoms with E-state index in [0.717, 1.165) is 25.3 Å². The smallest absolute Gasteiger partial charge is 0.0613 e.